The summed E-state index contributed by atoms with van der Waals surface area (Å²) >= 11 is 1.33. The van der Waals surface area contributed by atoms with Gasteiger partial charge in [-0.05, 0) is 55.3 Å². The van der Waals surface area contributed by atoms with Gasteiger partial charge in [-0.25, -0.2) is 5.43 Å². The minimum atomic E-state index is -0.448. The first-order chi connectivity index (χ1) is 17.5. The van der Waals surface area contributed by atoms with Gasteiger partial charge in [0.2, 0.25) is 0 Å². The number of aryl methyl sites for hydroxylation is 1. The highest BCUT2D eigenvalue weighted by molar-refractivity contribution is 8.00. The fourth-order valence-corrected chi connectivity index (χ4v) is 4.35. The SMILES string of the molecule is COc1cccc(/C=N\NC(=O)[C@@H](C)Sc2nnc(CNc3ccccc3C)n2-c2ccccc2)c1. The Balaban J connectivity index is 1.47. The van der Waals surface area contributed by atoms with Crippen molar-refractivity contribution in [2.45, 2.75) is 30.8 Å². The molecule has 1 aromatic heterocycles. The smallest absolute Gasteiger partial charge is 0.253 e. The summed E-state index contributed by atoms with van der Waals surface area (Å²) in [5, 5.41) is 16.5. The number of para-hydroxylation sites is 2. The number of carbonyl (C=O) groups is 1. The Bertz CT molecular complexity index is 1340. The molecule has 9 heteroatoms. The van der Waals surface area contributed by atoms with Crippen LogP contribution in [-0.2, 0) is 11.3 Å². The maximum Gasteiger partial charge on any atom is 0.253 e. The number of hydrazone groups is 1. The second-order valence-corrected chi connectivity index (χ2v) is 9.32. The number of hydrogen-bond acceptors (Lipinski definition) is 7. The number of rotatable bonds is 10. The lowest BCUT2D eigenvalue weighted by atomic mass is 10.2. The van der Waals surface area contributed by atoms with Crippen molar-refractivity contribution in [3.8, 4) is 11.4 Å². The van der Waals surface area contributed by atoms with E-state index in [2.05, 4.69) is 39.0 Å². The quantitative estimate of drug-likeness (QED) is 0.184. The van der Waals surface area contributed by atoms with Crippen LogP contribution in [0, 0.1) is 6.92 Å². The van der Waals surface area contributed by atoms with Crippen molar-refractivity contribution in [2.75, 3.05) is 12.4 Å². The number of aromatic nitrogens is 3. The lowest BCUT2D eigenvalue weighted by molar-refractivity contribution is -0.120. The van der Waals surface area contributed by atoms with E-state index >= 15 is 0 Å². The van der Waals surface area contributed by atoms with Gasteiger partial charge in [-0.3, -0.25) is 9.36 Å². The molecule has 1 amide bonds. The summed E-state index contributed by atoms with van der Waals surface area (Å²) in [5.41, 5.74) is 6.54. The summed E-state index contributed by atoms with van der Waals surface area (Å²) in [6, 6.07) is 25.4. The topological polar surface area (TPSA) is 93.4 Å². The van der Waals surface area contributed by atoms with Crippen LogP contribution in [0.4, 0.5) is 5.69 Å². The van der Waals surface area contributed by atoms with Gasteiger partial charge in [0.25, 0.3) is 5.91 Å². The van der Waals surface area contributed by atoms with Crippen molar-refractivity contribution in [2.24, 2.45) is 5.10 Å². The first-order valence-electron chi connectivity index (χ1n) is 11.5. The van der Waals surface area contributed by atoms with Gasteiger partial charge in [0, 0.05) is 11.4 Å². The van der Waals surface area contributed by atoms with Crippen LogP contribution in [0.3, 0.4) is 0 Å². The zero-order valence-electron chi connectivity index (χ0n) is 20.4. The molecule has 3 aromatic carbocycles. The normalized spacial score (nSPS) is 11.9. The molecule has 4 rings (SSSR count). The van der Waals surface area contributed by atoms with E-state index in [0.29, 0.717) is 11.7 Å². The van der Waals surface area contributed by atoms with Crippen LogP contribution in [0.1, 0.15) is 23.9 Å². The molecule has 0 saturated carbocycles. The van der Waals surface area contributed by atoms with E-state index in [1.54, 1.807) is 13.3 Å². The predicted octanol–water partition coefficient (Wildman–Crippen LogP) is 4.83. The number of carbonyl (C=O) groups excluding carboxylic acids is 1. The highest BCUT2D eigenvalue weighted by atomic mass is 32.2. The van der Waals surface area contributed by atoms with E-state index in [-0.39, 0.29) is 5.91 Å². The van der Waals surface area contributed by atoms with Crippen LogP contribution in [0.15, 0.2) is 89.1 Å². The molecule has 0 saturated heterocycles. The predicted molar refractivity (Wildman–Crippen MR) is 144 cm³/mol. The Morgan fingerprint density at radius 1 is 1.08 bits per heavy atom. The highest BCUT2D eigenvalue weighted by Crippen LogP contribution is 2.26. The molecule has 0 radical (unpaired) electrons. The van der Waals surface area contributed by atoms with Gasteiger partial charge >= 0.3 is 0 Å². The Morgan fingerprint density at radius 2 is 1.86 bits per heavy atom. The first-order valence-corrected chi connectivity index (χ1v) is 12.4. The number of ether oxygens (including phenoxy) is 1. The van der Waals surface area contributed by atoms with Crippen molar-refractivity contribution in [1.82, 2.24) is 20.2 Å². The molecular formula is C27H28N6O2S. The molecule has 0 aliphatic rings. The minimum Gasteiger partial charge on any atom is -0.497 e. The molecule has 2 N–H and O–H groups in total. The third-order valence-corrected chi connectivity index (χ3v) is 6.47. The van der Waals surface area contributed by atoms with E-state index in [1.807, 2.05) is 84.3 Å². The van der Waals surface area contributed by atoms with E-state index in [4.69, 9.17) is 4.74 Å². The summed E-state index contributed by atoms with van der Waals surface area (Å²) in [6.45, 7) is 4.36. The van der Waals surface area contributed by atoms with Gasteiger partial charge in [-0.1, -0.05) is 60.3 Å². The number of nitrogens with zero attached hydrogens (tertiary/aromatic N) is 4. The lowest BCUT2D eigenvalue weighted by Crippen LogP contribution is -2.27. The molecule has 8 nitrogen and oxygen atoms in total. The number of anilines is 1. The van der Waals surface area contributed by atoms with Crippen LogP contribution in [0.25, 0.3) is 5.69 Å². The van der Waals surface area contributed by atoms with Crippen LogP contribution >= 0.6 is 11.8 Å². The molecule has 0 aliphatic heterocycles. The van der Waals surface area contributed by atoms with Crippen LogP contribution in [0.5, 0.6) is 5.75 Å². The Morgan fingerprint density at radius 3 is 2.64 bits per heavy atom. The highest BCUT2D eigenvalue weighted by Gasteiger charge is 2.21. The molecule has 4 aromatic rings. The molecular weight excluding hydrogens is 472 g/mol. The molecule has 0 fully saturated rings. The fraction of sp³-hybridized carbons (Fsp3) is 0.185. The Hall–Kier alpha value is -4.11. The van der Waals surface area contributed by atoms with Gasteiger partial charge in [-0.2, -0.15) is 5.10 Å². The zero-order chi connectivity index (χ0) is 25.3. The average molecular weight is 501 g/mol. The number of thioether (sulfide) groups is 1. The van der Waals surface area contributed by atoms with Gasteiger partial charge in [0.1, 0.15) is 5.75 Å². The first kappa shape index (κ1) is 25.0. The van der Waals surface area contributed by atoms with Crippen molar-refractivity contribution in [3.05, 3.63) is 95.8 Å². The van der Waals surface area contributed by atoms with Crippen LogP contribution < -0.4 is 15.5 Å². The minimum absolute atomic E-state index is 0.235. The van der Waals surface area contributed by atoms with E-state index in [9.17, 15) is 4.79 Å². The summed E-state index contributed by atoms with van der Waals surface area (Å²) < 4.78 is 7.18. The summed E-state index contributed by atoms with van der Waals surface area (Å²) in [4.78, 5) is 12.7. The van der Waals surface area contributed by atoms with Crippen molar-refractivity contribution < 1.29 is 9.53 Å². The monoisotopic (exact) mass is 500 g/mol. The third-order valence-electron chi connectivity index (χ3n) is 5.43. The molecule has 0 unspecified atom stereocenters. The van der Waals surface area contributed by atoms with Crippen LogP contribution in [0.2, 0.25) is 0 Å². The standard InChI is InChI=1S/C27H28N6O2S/c1-19-10-7-8-15-24(19)28-18-25-30-32-27(33(25)22-12-5-4-6-13-22)36-20(2)26(34)31-29-17-21-11-9-14-23(16-21)35-3/h4-17,20,28H,18H2,1-3H3,(H,31,34)/b29-17-/t20-/m1/s1. The molecule has 0 aliphatic carbocycles. The molecule has 0 spiro atoms. The fourth-order valence-electron chi connectivity index (χ4n) is 3.47. The number of benzene rings is 3. The Labute approximate surface area is 214 Å². The van der Waals surface area contributed by atoms with Gasteiger partial charge in [0.05, 0.1) is 25.1 Å². The zero-order valence-corrected chi connectivity index (χ0v) is 21.2. The van der Waals surface area contributed by atoms with Gasteiger partial charge in [-0.15, -0.1) is 10.2 Å². The molecule has 184 valence electrons. The molecule has 1 atom stereocenters. The van der Waals surface area contributed by atoms with Crippen molar-refractivity contribution in [3.63, 3.8) is 0 Å². The van der Waals surface area contributed by atoms with Crippen molar-refractivity contribution in [1.29, 1.82) is 0 Å². The summed E-state index contributed by atoms with van der Waals surface area (Å²) in [6.07, 6.45) is 1.58. The summed E-state index contributed by atoms with van der Waals surface area (Å²) in [5.74, 6) is 1.24. The lowest BCUT2D eigenvalue weighted by Gasteiger charge is -2.14. The van der Waals surface area contributed by atoms with Crippen LogP contribution in [-0.4, -0.2) is 39.2 Å². The maximum atomic E-state index is 12.7. The van der Waals surface area contributed by atoms with E-state index < -0.39 is 5.25 Å². The maximum absolute atomic E-state index is 12.7. The molecule has 0 bridgehead atoms. The second kappa shape index (κ2) is 12.0. The van der Waals surface area contributed by atoms with Gasteiger partial charge in [0.15, 0.2) is 11.0 Å². The molecule has 36 heavy (non-hydrogen) atoms. The number of nitrogens with one attached hydrogen (secondary N) is 2. The Kier molecular flexibility index (Phi) is 8.36. The number of amides is 1. The largest absolute Gasteiger partial charge is 0.497 e. The van der Waals surface area contributed by atoms with Crippen molar-refractivity contribution >= 4 is 29.6 Å². The summed E-state index contributed by atoms with van der Waals surface area (Å²) in [7, 11) is 1.61. The van der Waals surface area contributed by atoms with E-state index in [0.717, 1.165) is 34.1 Å². The van der Waals surface area contributed by atoms with Gasteiger partial charge < -0.3 is 10.1 Å². The average Bonchev–Trinajstić information content (AvgIpc) is 3.30. The number of methoxy groups -OCH3 is 1. The van der Waals surface area contributed by atoms with E-state index in [1.165, 1.54) is 11.8 Å². The third kappa shape index (κ3) is 6.31. The number of hydrogen-bond donors (Lipinski definition) is 2. The molecule has 1 heterocycles. The second-order valence-electron chi connectivity index (χ2n) is 8.01.